The second kappa shape index (κ2) is 2.59. The molecular formula is C8H4F5NO. The molecule has 0 aromatic rings. The summed E-state index contributed by atoms with van der Waals surface area (Å²) < 4.78 is 62.6. The predicted molar refractivity (Wildman–Crippen MR) is 40.8 cm³/mol. The lowest BCUT2D eigenvalue weighted by molar-refractivity contribution is -0.0892. The highest BCUT2D eigenvalue weighted by Crippen LogP contribution is 2.46. The van der Waals surface area contributed by atoms with Crippen LogP contribution in [0.15, 0.2) is 28.1 Å². The maximum absolute atomic E-state index is 12.8. The van der Waals surface area contributed by atoms with E-state index in [4.69, 9.17) is 5.11 Å². The molecule has 0 amide bonds. The fourth-order valence-electron chi connectivity index (χ4n) is 1.52. The zero-order chi connectivity index (χ0) is 11.4. The van der Waals surface area contributed by atoms with Gasteiger partial charge in [0.05, 0.1) is 23.3 Å². The van der Waals surface area contributed by atoms with Crippen LogP contribution in [0.2, 0.25) is 0 Å². The molecule has 0 saturated heterocycles. The number of halogens is 5. The molecule has 1 N–H and O–H groups in total. The van der Waals surface area contributed by atoms with E-state index in [1.165, 1.54) is 0 Å². The minimum absolute atomic E-state index is 0.412. The molecule has 0 radical (unpaired) electrons. The predicted octanol–water partition coefficient (Wildman–Crippen LogP) is 2.74. The maximum atomic E-state index is 12.8. The third-order valence-corrected chi connectivity index (χ3v) is 2.19. The molecule has 0 aromatic heterocycles. The van der Waals surface area contributed by atoms with E-state index in [9.17, 15) is 22.0 Å². The van der Waals surface area contributed by atoms with Crippen LogP contribution in [0.5, 0.6) is 0 Å². The van der Waals surface area contributed by atoms with Crippen LogP contribution < -0.4 is 0 Å². The Morgan fingerprint density at radius 2 is 1.93 bits per heavy atom. The van der Waals surface area contributed by atoms with Gasteiger partial charge in [0.1, 0.15) is 0 Å². The quantitative estimate of drug-likeness (QED) is 0.631. The first-order chi connectivity index (χ1) is 6.73. The summed E-state index contributed by atoms with van der Waals surface area (Å²) in [7, 11) is 0. The van der Waals surface area contributed by atoms with E-state index in [1.807, 2.05) is 0 Å². The van der Waals surface area contributed by atoms with Gasteiger partial charge >= 0.3 is 12.1 Å². The van der Waals surface area contributed by atoms with Crippen molar-refractivity contribution in [3.63, 3.8) is 0 Å². The summed E-state index contributed by atoms with van der Waals surface area (Å²) in [6, 6.07) is 0. The first-order valence-corrected chi connectivity index (χ1v) is 3.90. The van der Waals surface area contributed by atoms with E-state index in [0.717, 1.165) is 0 Å². The molecule has 0 saturated carbocycles. The normalized spacial score (nSPS) is 24.1. The second-order valence-electron chi connectivity index (χ2n) is 3.22. The van der Waals surface area contributed by atoms with Crippen LogP contribution in [-0.2, 0) is 0 Å². The number of fused-ring (bicyclic) bond motifs is 1. The van der Waals surface area contributed by atoms with Crippen molar-refractivity contribution in [1.29, 1.82) is 0 Å². The first-order valence-electron chi connectivity index (χ1n) is 3.90. The minimum Gasteiger partial charge on any atom is -0.506 e. The number of allylic oxidation sites excluding steroid dienone is 3. The Morgan fingerprint density at radius 1 is 1.33 bits per heavy atom. The van der Waals surface area contributed by atoms with Crippen LogP contribution in [0.25, 0.3) is 0 Å². The zero-order valence-electron chi connectivity index (χ0n) is 7.07. The van der Waals surface area contributed by atoms with Crippen molar-refractivity contribution in [3.8, 4) is 0 Å². The topological polar surface area (TPSA) is 32.6 Å². The largest absolute Gasteiger partial charge is 0.506 e. The third kappa shape index (κ3) is 1.33. The SMILES string of the molecule is OC1=C2C(C(F)(F)F)=CN=C2CC1(F)F. The lowest BCUT2D eigenvalue weighted by Gasteiger charge is -2.10. The van der Waals surface area contributed by atoms with Crippen LogP contribution in [0.1, 0.15) is 6.42 Å². The molecule has 0 bridgehead atoms. The molecule has 0 aromatic carbocycles. The molecule has 0 spiro atoms. The number of hydrogen-bond acceptors (Lipinski definition) is 2. The van der Waals surface area contributed by atoms with E-state index < -0.39 is 41.1 Å². The van der Waals surface area contributed by atoms with Gasteiger partial charge in [0.2, 0.25) is 0 Å². The molecule has 1 aliphatic heterocycles. The maximum Gasteiger partial charge on any atom is 0.418 e. The Balaban J connectivity index is 2.50. The van der Waals surface area contributed by atoms with Crippen molar-refractivity contribution in [2.45, 2.75) is 18.5 Å². The number of hydrogen-bond donors (Lipinski definition) is 1. The van der Waals surface area contributed by atoms with Gasteiger partial charge in [-0.15, -0.1) is 0 Å². The highest BCUT2D eigenvalue weighted by molar-refractivity contribution is 6.10. The van der Waals surface area contributed by atoms with E-state index in [-0.39, 0.29) is 0 Å². The summed E-state index contributed by atoms with van der Waals surface area (Å²) in [5, 5.41) is 8.97. The summed E-state index contributed by atoms with van der Waals surface area (Å²) in [5.74, 6) is -5.18. The van der Waals surface area contributed by atoms with Crippen LogP contribution in [0.4, 0.5) is 22.0 Å². The van der Waals surface area contributed by atoms with E-state index >= 15 is 0 Å². The van der Waals surface area contributed by atoms with Crippen LogP contribution in [-0.4, -0.2) is 22.9 Å². The summed E-state index contributed by atoms with van der Waals surface area (Å²) in [5.41, 5.74) is -2.59. The Bertz CT molecular complexity index is 415. The number of aliphatic hydroxyl groups excluding tert-OH is 1. The van der Waals surface area contributed by atoms with Gasteiger partial charge in [-0.3, -0.25) is 4.99 Å². The van der Waals surface area contributed by atoms with Gasteiger partial charge in [0, 0.05) is 6.20 Å². The smallest absolute Gasteiger partial charge is 0.418 e. The van der Waals surface area contributed by atoms with Crippen LogP contribution in [0, 0.1) is 0 Å². The number of nitrogens with zero attached hydrogens (tertiary/aromatic N) is 1. The van der Waals surface area contributed by atoms with Crippen molar-refractivity contribution in [1.82, 2.24) is 0 Å². The molecular weight excluding hydrogens is 221 g/mol. The number of aliphatic hydroxyl groups is 1. The van der Waals surface area contributed by atoms with E-state index in [1.54, 1.807) is 0 Å². The fraction of sp³-hybridized carbons (Fsp3) is 0.375. The Kier molecular flexibility index (Phi) is 1.75. The van der Waals surface area contributed by atoms with Crippen LogP contribution in [0.3, 0.4) is 0 Å². The van der Waals surface area contributed by atoms with E-state index in [0.29, 0.717) is 6.20 Å². The molecule has 7 heteroatoms. The molecule has 2 rings (SSSR count). The highest BCUT2D eigenvalue weighted by atomic mass is 19.4. The van der Waals surface area contributed by atoms with Gasteiger partial charge in [0.15, 0.2) is 5.76 Å². The zero-order valence-corrected chi connectivity index (χ0v) is 7.07. The van der Waals surface area contributed by atoms with Crippen LogP contribution >= 0.6 is 0 Å². The van der Waals surface area contributed by atoms with Gasteiger partial charge in [-0.2, -0.15) is 22.0 Å². The Labute approximate surface area is 80.4 Å². The molecule has 1 heterocycles. The molecule has 0 fully saturated rings. The standard InChI is InChI=1S/C8H4F5NO/c9-7(10)1-4-5(6(7)15)3(2-14-4)8(11,12)13/h2,15H,1H2. The van der Waals surface area contributed by atoms with E-state index in [2.05, 4.69) is 4.99 Å². The monoisotopic (exact) mass is 225 g/mol. The summed E-state index contributed by atoms with van der Waals surface area (Å²) >= 11 is 0. The van der Waals surface area contributed by atoms with Gasteiger partial charge < -0.3 is 5.11 Å². The minimum atomic E-state index is -4.78. The molecule has 0 atom stereocenters. The van der Waals surface area contributed by atoms with Crippen molar-refractivity contribution in [2.24, 2.45) is 4.99 Å². The summed E-state index contributed by atoms with van der Waals surface area (Å²) in [6.07, 6.45) is -5.31. The average molecular weight is 225 g/mol. The van der Waals surface area contributed by atoms with Gasteiger partial charge in [-0.1, -0.05) is 0 Å². The highest BCUT2D eigenvalue weighted by Gasteiger charge is 2.52. The molecule has 0 unspecified atom stereocenters. The van der Waals surface area contributed by atoms with Crippen molar-refractivity contribution >= 4 is 5.71 Å². The molecule has 15 heavy (non-hydrogen) atoms. The molecule has 1 aliphatic carbocycles. The Morgan fingerprint density at radius 3 is 2.47 bits per heavy atom. The lowest BCUT2D eigenvalue weighted by Crippen LogP contribution is -2.16. The Hall–Kier alpha value is -1.40. The van der Waals surface area contributed by atoms with Crippen molar-refractivity contribution in [2.75, 3.05) is 0 Å². The summed E-state index contributed by atoms with van der Waals surface area (Å²) in [6.45, 7) is 0. The molecule has 2 nitrogen and oxygen atoms in total. The van der Waals surface area contributed by atoms with Crippen molar-refractivity contribution < 1.29 is 27.1 Å². The summed E-state index contributed by atoms with van der Waals surface area (Å²) in [4.78, 5) is 3.23. The average Bonchev–Trinajstić information content (AvgIpc) is 2.51. The first kappa shape index (κ1) is 10.1. The number of rotatable bonds is 0. The molecule has 2 aliphatic rings. The number of alkyl halides is 5. The van der Waals surface area contributed by atoms with Gasteiger partial charge in [-0.05, 0) is 0 Å². The fourth-order valence-corrected chi connectivity index (χ4v) is 1.52. The van der Waals surface area contributed by atoms with Crippen molar-refractivity contribution in [3.05, 3.63) is 23.1 Å². The number of aliphatic imine (C=N–C) groups is 1. The van der Waals surface area contributed by atoms with Gasteiger partial charge in [0.25, 0.3) is 0 Å². The third-order valence-electron chi connectivity index (χ3n) is 2.19. The molecule has 82 valence electrons. The van der Waals surface area contributed by atoms with Gasteiger partial charge in [-0.25, -0.2) is 0 Å². The second-order valence-corrected chi connectivity index (χ2v) is 3.22. The lowest BCUT2D eigenvalue weighted by atomic mass is 10.1.